The number of likely N-dealkylation sites (tertiary alicyclic amines) is 1. The van der Waals surface area contributed by atoms with Crippen LogP contribution in [0.1, 0.15) is 16.9 Å². The van der Waals surface area contributed by atoms with Gasteiger partial charge in [0.15, 0.2) is 5.69 Å². The van der Waals surface area contributed by atoms with E-state index < -0.39 is 29.8 Å². The third kappa shape index (κ3) is 5.26. The molecule has 182 valence electrons. The van der Waals surface area contributed by atoms with Gasteiger partial charge >= 0.3 is 12.0 Å². The van der Waals surface area contributed by atoms with Crippen LogP contribution in [-0.4, -0.2) is 63.5 Å². The molecule has 0 aliphatic carbocycles. The summed E-state index contributed by atoms with van der Waals surface area (Å²) < 4.78 is 21.2. The molecular formula is C23H21ClFN5O5. The lowest BCUT2D eigenvalue weighted by atomic mass is 10.1. The number of nitrogens with zero attached hydrogens (tertiary/aromatic N) is 3. The van der Waals surface area contributed by atoms with Gasteiger partial charge in [0.25, 0.3) is 0 Å². The number of aromatic nitrogens is 2. The van der Waals surface area contributed by atoms with E-state index in [1.54, 1.807) is 24.3 Å². The lowest BCUT2D eigenvalue weighted by Crippen LogP contribution is -2.45. The largest absolute Gasteiger partial charge is 0.477 e. The number of anilines is 2. The highest BCUT2D eigenvalue weighted by atomic mass is 35.5. The summed E-state index contributed by atoms with van der Waals surface area (Å²) in [5.41, 5.74) is 0.411. The topological polar surface area (TPSA) is 126 Å². The van der Waals surface area contributed by atoms with Crippen molar-refractivity contribution >= 4 is 40.9 Å². The summed E-state index contributed by atoms with van der Waals surface area (Å²) >= 11 is 5.87. The number of aromatic carboxylic acids is 1. The minimum Gasteiger partial charge on any atom is -0.477 e. The van der Waals surface area contributed by atoms with Crippen molar-refractivity contribution in [1.29, 1.82) is 0 Å². The predicted octanol–water partition coefficient (Wildman–Crippen LogP) is 3.62. The van der Waals surface area contributed by atoms with Gasteiger partial charge in [-0.15, -0.1) is 0 Å². The van der Waals surface area contributed by atoms with Crippen molar-refractivity contribution in [2.75, 3.05) is 24.3 Å². The molecule has 1 aromatic heterocycles. The van der Waals surface area contributed by atoms with Crippen LogP contribution in [0.5, 0.6) is 0 Å². The Morgan fingerprint density at radius 2 is 1.89 bits per heavy atom. The molecule has 4 rings (SSSR count). The number of halogens is 2. The highest BCUT2D eigenvalue weighted by molar-refractivity contribution is 6.30. The van der Waals surface area contributed by atoms with E-state index in [-0.39, 0.29) is 36.1 Å². The van der Waals surface area contributed by atoms with Crippen LogP contribution in [0.2, 0.25) is 5.02 Å². The average molecular weight is 502 g/mol. The van der Waals surface area contributed by atoms with Crippen LogP contribution >= 0.6 is 11.6 Å². The molecule has 35 heavy (non-hydrogen) atoms. The molecule has 1 aliphatic rings. The number of carbonyl (C=O) groups excluding carboxylic acids is 2. The van der Waals surface area contributed by atoms with Gasteiger partial charge in [0.05, 0.1) is 23.7 Å². The molecule has 3 amide bonds. The van der Waals surface area contributed by atoms with Gasteiger partial charge in [0.2, 0.25) is 5.91 Å². The van der Waals surface area contributed by atoms with Crippen LogP contribution in [0.4, 0.5) is 20.6 Å². The first-order chi connectivity index (χ1) is 16.8. The number of urea groups is 1. The molecule has 10 nitrogen and oxygen atoms in total. The number of rotatable bonds is 6. The van der Waals surface area contributed by atoms with Crippen LogP contribution < -0.4 is 10.6 Å². The maximum Gasteiger partial charge on any atom is 0.354 e. The number of hydrogen-bond acceptors (Lipinski definition) is 5. The SMILES string of the molecule is COC1CC(C(=O)Nc2ccc(-n3nccc3C(=O)O)cc2F)N(C(=O)Nc2ccc(Cl)cc2)C1. The maximum atomic E-state index is 14.8. The fraction of sp³-hybridized carbons (Fsp3) is 0.217. The number of carbonyl (C=O) groups is 3. The molecule has 1 saturated heterocycles. The van der Waals surface area contributed by atoms with Crippen molar-refractivity contribution < 1.29 is 28.6 Å². The first-order valence-corrected chi connectivity index (χ1v) is 10.9. The number of methoxy groups -OCH3 is 1. The van der Waals surface area contributed by atoms with E-state index in [0.717, 1.165) is 10.7 Å². The Morgan fingerprint density at radius 3 is 2.54 bits per heavy atom. The zero-order valence-corrected chi connectivity index (χ0v) is 19.2. The molecule has 1 fully saturated rings. The quantitative estimate of drug-likeness (QED) is 0.473. The zero-order valence-electron chi connectivity index (χ0n) is 18.4. The van der Waals surface area contributed by atoms with Crippen LogP contribution in [0.15, 0.2) is 54.7 Å². The predicted molar refractivity (Wildman–Crippen MR) is 125 cm³/mol. The number of benzene rings is 2. The van der Waals surface area contributed by atoms with E-state index >= 15 is 0 Å². The van der Waals surface area contributed by atoms with Gasteiger partial charge in [-0.05, 0) is 42.5 Å². The summed E-state index contributed by atoms with van der Waals surface area (Å²) in [6.45, 7) is 0.173. The Kier molecular flexibility index (Phi) is 6.99. The summed E-state index contributed by atoms with van der Waals surface area (Å²) in [6.07, 6.45) is 1.14. The number of ether oxygens (including phenoxy) is 1. The van der Waals surface area contributed by atoms with Crippen LogP contribution in [-0.2, 0) is 9.53 Å². The molecule has 0 bridgehead atoms. The van der Waals surface area contributed by atoms with E-state index in [1.165, 1.54) is 36.4 Å². The van der Waals surface area contributed by atoms with Gasteiger partial charge < -0.3 is 25.4 Å². The van der Waals surface area contributed by atoms with Gasteiger partial charge in [-0.1, -0.05) is 11.6 Å². The second-order valence-electron chi connectivity index (χ2n) is 7.79. The maximum absolute atomic E-state index is 14.8. The van der Waals surface area contributed by atoms with Crippen molar-refractivity contribution in [1.82, 2.24) is 14.7 Å². The molecule has 2 atom stereocenters. The van der Waals surface area contributed by atoms with Crippen LogP contribution in [0, 0.1) is 5.82 Å². The number of nitrogens with one attached hydrogen (secondary N) is 2. The number of hydrogen-bond donors (Lipinski definition) is 3. The molecule has 3 aromatic rings. The van der Waals surface area contributed by atoms with Crippen molar-refractivity contribution in [2.45, 2.75) is 18.6 Å². The van der Waals surface area contributed by atoms with Gasteiger partial charge in [-0.25, -0.2) is 18.7 Å². The Morgan fingerprint density at radius 1 is 1.14 bits per heavy atom. The second kappa shape index (κ2) is 10.1. The lowest BCUT2D eigenvalue weighted by molar-refractivity contribution is -0.119. The third-order valence-corrected chi connectivity index (χ3v) is 5.82. The molecule has 0 saturated carbocycles. The van der Waals surface area contributed by atoms with Crippen molar-refractivity contribution in [3.8, 4) is 5.69 Å². The van der Waals surface area contributed by atoms with Crippen LogP contribution in [0.25, 0.3) is 5.69 Å². The number of carboxylic acid groups (broad SMARTS) is 1. The van der Waals surface area contributed by atoms with Gasteiger partial charge in [0, 0.05) is 36.9 Å². The standard InChI is InChI=1S/C23H21ClFN5O5/c1-35-16-11-20(29(12-16)23(34)27-14-4-2-13(24)3-5-14)21(31)28-18-7-6-15(10-17(18)25)30-19(22(32)33)8-9-26-30/h2-10,16,20H,11-12H2,1H3,(H,27,34)(H,28,31)(H,32,33). The van der Waals surface area contributed by atoms with Crippen LogP contribution in [0.3, 0.4) is 0 Å². The monoisotopic (exact) mass is 501 g/mol. The first kappa shape index (κ1) is 24.2. The van der Waals surface area contributed by atoms with E-state index in [9.17, 15) is 23.9 Å². The molecular weight excluding hydrogens is 481 g/mol. The summed E-state index contributed by atoms with van der Waals surface area (Å²) in [4.78, 5) is 38.5. The minimum absolute atomic E-state index is 0.123. The van der Waals surface area contributed by atoms with E-state index in [2.05, 4.69) is 15.7 Å². The summed E-state index contributed by atoms with van der Waals surface area (Å²) in [6, 6.07) is 10.2. The molecule has 2 aromatic carbocycles. The molecule has 3 N–H and O–H groups in total. The normalized spacial score (nSPS) is 17.3. The smallest absolute Gasteiger partial charge is 0.354 e. The van der Waals surface area contributed by atoms with Gasteiger partial charge in [-0.3, -0.25) is 4.79 Å². The number of amides is 3. The molecule has 0 radical (unpaired) electrons. The third-order valence-electron chi connectivity index (χ3n) is 5.57. The molecule has 1 aliphatic heterocycles. The highest BCUT2D eigenvalue weighted by Crippen LogP contribution is 2.25. The van der Waals surface area contributed by atoms with Crippen molar-refractivity contribution in [2.24, 2.45) is 0 Å². The Hall–Kier alpha value is -3.96. The fourth-order valence-electron chi connectivity index (χ4n) is 3.79. The Balaban J connectivity index is 1.50. The minimum atomic E-state index is -1.22. The Labute approximate surface area is 204 Å². The molecule has 2 unspecified atom stereocenters. The van der Waals surface area contributed by atoms with Gasteiger partial charge in [0.1, 0.15) is 11.9 Å². The van der Waals surface area contributed by atoms with E-state index in [1.807, 2.05) is 0 Å². The number of carboxylic acids is 1. The highest BCUT2D eigenvalue weighted by Gasteiger charge is 2.40. The molecule has 12 heteroatoms. The first-order valence-electron chi connectivity index (χ1n) is 10.5. The fourth-order valence-corrected chi connectivity index (χ4v) is 3.92. The summed E-state index contributed by atoms with van der Waals surface area (Å²) in [7, 11) is 1.49. The average Bonchev–Trinajstić information content (AvgIpc) is 3.49. The van der Waals surface area contributed by atoms with E-state index in [4.69, 9.17) is 16.3 Å². The lowest BCUT2D eigenvalue weighted by Gasteiger charge is -2.24. The molecule has 2 heterocycles. The second-order valence-corrected chi connectivity index (χ2v) is 8.22. The van der Waals surface area contributed by atoms with Gasteiger partial charge in [-0.2, -0.15) is 5.10 Å². The van der Waals surface area contributed by atoms with Crippen molar-refractivity contribution in [3.63, 3.8) is 0 Å². The van der Waals surface area contributed by atoms with Crippen molar-refractivity contribution in [3.05, 3.63) is 71.3 Å². The summed E-state index contributed by atoms with van der Waals surface area (Å²) in [5.74, 6) is -2.60. The van der Waals surface area contributed by atoms with E-state index in [0.29, 0.717) is 10.7 Å². The summed E-state index contributed by atoms with van der Waals surface area (Å²) in [5, 5.41) is 18.9. The molecule has 0 spiro atoms. The Bertz CT molecular complexity index is 1270. The zero-order chi connectivity index (χ0) is 25.1.